The van der Waals surface area contributed by atoms with Crippen molar-refractivity contribution >= 4 is 22.5 Å². The van der Waals surface area contributed by atoms with Crippen LogP contribution >= 0.6 is 0 Å². The number of aryl methyl sites for hydroxylation is 1. The molecule has 0 radical (unpaired) electrons. The van der Waals surface area contributed by atoms with Gasteiger partial charge in [0.15, 0.2) is 0 Å². The molecule has 5 rings (SSSR count). The maximum Gasteiger partial charge on any atom is 0.221 e. The summed E-state index contributed by atoms with van der Waals surface area (Å²) in [6.07, 6.45) is 2.39. The Morgan fingerprint density at radius 2 is 2.12 bits per heavy atom. The topological polar surface area (TPSA) is 59.5 Å². The molecule has 5 nitrogen and oxygen atoms in total. The van der Waals surface area contributed by atoms with Gasteiger partial charge in [0.1, 0.15) is 17.0 Å². The van der Waals surface area contributed by atoms with Crippen molar-refractivity contribution in [3.8, 4) is 0 Å². The molecule has 4 heterocycles. The second-order valence-electron chi connectivity index (χ2n) is 6.60. The molecule has 5 heteroatoms. The highest BCUT2D eigenvalue weighted by Gasteiger charge is 2.31. The van der Waals surface area contributed by atoms with Crippen molar-refractivity contribution in [3.05, 3.63) is 71.4 Å². The van der Waals surface area contributed by atoms with Gasteiger partial charge in [0.25, 0.3) is 0 Å². The van der Waals surface area contributed by atoms with Crippen molar-refractivity contribution in [2.75, 3.05) is 0 Å². The lowest BCUT2D eigenvalue weighted by atomic mass is 9.97. The molecule has 1 aromatic carbocycles. The van der Waals surface area contributed by atoms with Crippen molar-refractivity contribution < 1.29 is 9.21 Å². The summed E-state index contributed by atoms with van der Waals surface area (Å²) in [7, 11) is 0. The number of nitrogens with zero attached hydrogens (tertiary/aromatic N) is 2. The number of amides is 1. The SMILES string of the molecule is Cc1ccn2c3c(nc2c1)CNC(=O)CC3c1cc2ccccc2o1. The van der Waals surface area contributed by atoms with Gasteiger partial charge in [-0.05, 0) is 36.8 Å². The molecule has 0 saturated heterocycles. The van der Waals surface area contributed by atoms with Gasteiger partial charge in [-0.3, -0.25) is 4.79 Å². The first-order valence-electron chi connectivity index (χ1n) is 8.42. The predicted octanol–water partition coefficient (Wildman–Crippen LogP) is 3.54. The number of pyridine rings is 1. The molecule has 1 amide bonds. The summed E-state index contributed by atoms with van der Waals surface area (Å²) in [4.78, 5) is 17.0. The quantitative estimate of drug-likeness (QED) is 0.580. The number of carbonyl (C=O) groups is 1. The van der Waals surface area contributed by atoms with Crippen LogP contribution in [0.1, 0.15) is 35.1 Å². The molecule has 1 atom stereocenters. The fourth-order valence-electron chi connectivity index (χ4n) is 3.66. The van der Waals surface area contributed by atoms with E-state index in [1.165, 1.54) is 0 Å². The summed E-state index contributed by atoms with van der Waals surface area (Å²) in [5, 5.41) is 4.00. The maximum absolute atomic E-state index is 12.2. The fraction of sp³-hybridized carbons (Fsp3) is 0.200. The van der Waals surface area contributed by atoms with Crippen LogP contribution < -0.4 is 5.32 Å². The standard InChI is InChI=1S/C20H17N3O2/c1-12-6-7-23-18(8-12)22-15-11-21-19(24)10-14(20(15)23)17-9-13-4-2-3-5-16(13)25-17/h2-9,14H,10-11H2,1H3,(H,21,24). The van der Waals surface area contributed by atoms with Crippen LogP contribution in [0.5, 0.6) is 0 Å². The second-order valence-corrected chi connectivity index (χ2v) is 6.60. The van der Waals surface area contributed by atoms with E-state index in [1.807, 2.05) is 36.5 Å². The van der Waals surface area contributed by atoms with Gasteiger partial charge < -0.3 is 14.1 Å². The van der Waals surface area contributed by atoms with Crippen LogP contribution in [-0.4, -0.2) is 15.3 Å². The van der Waals surface area contributed by atoms with E-state index in [0.29, 0.717) is 13.0 Å². The molecule has 0 spiro atoms. The summed E-state index contributed by atoms with van der Waals surface area (Å²) in [6, 6.07) is 14.1. The van der Waals surface area contributed by atoms with Crippen molar-refractivity contribution in [2.45, 2.75) is 25.8 Å². The molecule has 0 aliphatic carbocycles. The molecule has 1 unspecified atom stereocenters. The minimum absolute atomic E-state index is 0.0179. The van der Waals surface area contributed by atoms with Crippen molar-refractivity contribution in [1.82, 2.24) is 14.7 Å². The zero-order valence-corrected chi connectivity index (χ0v) is 13.8. The number of furan rings is 1. The highest BCUT2D eigenvalue weighted by molar-refractivity contribution is 5.80. The van der Waals surface area contributed by atoms with Gasteiger partial charge in [-0.25, -0.2) is 4.98 Å². The first-order chi connectivity index (χ1) is 12.2. The fourth-order valence-corrected chi connectivity index (χ4v) is 3.66. The van der Waals surface area contributed by atoms with Gasteiger partial charge in [0.2, 0.25) is 5.91 Å². The number of imidazole rings is 1. The van der Waals surface area contributed by atoms with E-state index in [2.05, 4.69) is 28.8 Å². The smallest absolute Gasteiger partial charge is 0.221 e. The minimum Gasteiger partial charge on any atom is -0.460 e. The molecule has 4 aromatic rings. The number of aromatic nitrogens is 2. The third-order valence-corrected chi connectivity index (χ3v) is 4.86. The molecule has 124 valence electrons. The molecular formula is C20H17N3O2. The lowest BCUT2D eigenvalue weighted by molar-refractivity contribution is -0.121. The third-order valence-electron chi connectivity index (χ3n) is 4.86. The number of para-hydroxylation sites is 1. The van der Waals surface area contributed by atoms with Crippen LogP contribution in [-0.2, 0) is 11.3 Å². The van der Waals surface area contributed by atoms with E-state index < -0.39 is 0 Å². The number of nitrogens with one attached hydrogen (secondary N) is 1. The van der Waals surface area contributed by atoms with Crippen LogP contribution in [0.25, 0.3) is 16.6 Å². The average molecular weight is 331 g/mol. The Kier molecular flexibility index (Phi) is 2.98. The van der Waals surface area contributed by atoms with Gasteiger partial charge in [-0.1, -0.05) is 18.2 Å². The first-order valence-corrected chi connectivity index (χ1v) is 8.42. The van der Waals surface area contributed by atoms with Crippen LogP contribution in [0.4, 0.5) is 0 Å². The summed E-state index contributed by atoms with van der Waals surface area (Å²) in [5.74, 6) is 0.675. The predicted molar refractivity (Wildman–Crippen MR) is 94.4 cm³/mol. The molecule has 1 aliphatic rings. The number of benzene rings is 1. The molecule has 3 aromatic heterocycles. The number of hydrogen-bond acceptors (Lipinski definition) is 3. The highest BCUT2D eigenvalue weighted by Crippen LogP contribution is 2.36. The Labute approximate surface area is 144 Å². The minimum atomic E-state index is -0.150. The first kappa shape index (κ1) is 14.3. The van der Waals surface area contributed by atoms with Gasteiger partial charge in [0.05, 0.1) is 23.9 Å². The molecule has 25 heavy (non-hydrogen) atoms. The molecule has 1 N–H and O–H groups in total. The Bertz CT molecular complexity index is 1090. The van der Waals surface area contributed by atoms with E-state index in [1.54, 1.807) is 0 Å². The monoisotopic (exact) mass is 331 g/mol. The second kappa shape index (κ2) is 5.21. The highest BCUT2D eigenvalue weighted by atomic mass is 16.3. The summed E-state index contributed by atoms with van der Waals surface area (Å²) < 4.78 is 8.17. The van der Waals surface area contributed by atoms with Crippen molar-refractivity contribution in [1.29, 1.82) is 0 Å². The van der Waals surface area contributed by atoms with Gasteiger partial charge in [-0.2, -0.15) is 0 Å². The molecule has 0 saturated carbocycles. The summed E-state index contributed by atoms with van der Waals surface area (Å²) in [5.41, 5.74) is 4.85. The van der Waals surface area contributed by atoms with Gasteiger partial charge in [0, 0.05) is 18.0 Å². The third kappa shape index (κ3) is 2.23. The molecular weight excluding hydrogens is 314 g/mol. The van der Waals surface area contributed by atoms with Crippen LogP contribution in [0.2, 0.25) is 0 Å². The largest absolute Gasteiger partial charge is 0.460 e. The summed E-state index contributed by atoms with van der Waals surface area (Å²) in [6.45, 7) is 2.50. The Balaban J connectivity index is 1.75. The Hall–Kier alpha value is -3.08. The Morgan fingerprint density at radius 3 is 3.00 bits per heavy atom. The van der Waals surface area contributed by atoms with Crippen LogP contribution in [0.15, 0.2) is 53.1 Å². The number of hydrogen-bond donors (Lipinski definition) is 1. The molecule has 1 aliphatic heterocycles. The lowest BCUT2D eigenvalue weighted by Crippen LogP contribution is -2.21. The van der Waals surface area contributed by atoms with Crippen molar-refractivity contribution in [2.24, 2.45) is 0 Å². The average Bonchev–Trinajstić information content (AvgIpc) is 3.14. The Morgan fingerprint density at radius 1 is 1.24 bits per heavy atom. The maximum atomic E-state index is 12.2. The number of carbonyl (C=O) groups excluding carboxylic acids is 1. The van der Waals surface area contributed by atoms with E-state index in [9.17, 15) is 4.79 Å². The zero-order chi connectivity index (χ0) is 17.0. The summed E-state index contributed by atoms with van der Waals surface area (Å²) >= 11 is 0. The van der Waals surface area contributed by atoms with Crippen LogP contribution in [0.3, 0.4) is 0 Å². The van der Waals surface area contributed by atoms with E-state index >= 15 is 0 Å². The lowest BCUT2D eigenvalue weighted by Gasteiger charge is -2.12. The zero-order valence-electron chi connectivity index (χ0n) is 13.8. The van der Waals surface area contributed by atoms with Gasteiger partial charge in [-0.15, -0.1) is 0 Å². The van der Waals surface area contributed by atoms with E-state index in [4.69, 9.17) is 9.40 Å². The van der Waals surface area contributed by atoms with E-state index in [0.717, 1.165) is 39.3 Å². The number of rotatable bonds is 1. The normalized spacial score (nSPS) is 17.5. The van der Waals surface area contributed by atoms with Crippen LogP contribution in [0, 0.1) is 6.92 Å². The van der Waals surface area contributed by atoms with Crippen molar-refractivity contribution in [3.63, 3.8) is 0 Å². The molecule has 0 fully saturated rings. The number of fused-ring (bicyclic) bond motifs is 4. The van der Waals surface area contributed by atoms with Gasteiger partial charge >= 0.3 is 0 Å². The van der Waals surface area contributed by atoms with E-state index in [-0.39, 0.29) is 11.8 Å². The molecule has 0 bridgehead atoms.